The second-order valence-electron chi connectivity index (χ2n) is 3.39. The van der Waals surface area contributed by atoms with Crippen LogP contribution in [0.1, 0.15) is 25.0 Å². The molecule has 0 aliphatic rings. The van der Waals surface area contributed by atoms with E-state index in [9.17, 15) is 9.50 Å². The molecule has 0 fully saturated rings. The van der Waals surface area contributed by atoms with Crippen molar-refractivity contribution in [3.63, 3.8) is 0 Å². The average Bonchev–Trinajstić information content (AvgIpc) is 2.22. The maximum Gasteiger partial charge on any atom is 0.123 e. The zero-order valence-corrected chi connectivity index (χ0v) is 10.2. The molecule has 0 saturated carbocycles. The molecule has 15 heavy (non-hydrogen) atoms. The Morgan fingerprint density at radius 2 is 2.27 bits per heavy atom. The van der Waals surface area contributed by atoms with Gasteiger partial charge in [0.2, 0.25) is 0 Å². The zero-order chi connectivity index (χ0) is 11.3. The van der Waals surface area contributed by atoms with Gasteiger partial charge in [0, 0.05) is 11.0 Å². The fourth-order valence-electron chi connectivity index (χ4n) is 1.30. The Balaban J connectivity index is 2.64. The van der Waals surface area contributed by atoms with Crippen molar-refractivity contribution in [3.8, 4) is 0 Å². The molecule has 0 aromatic heterocycles. The van der Waals surface area contributed by atoms with Gasteiger partial charge in [0.15, 0.2) is 0 Å². The fourth-order valence-corrected chi connectivity index (χ4v) is 1.81. The predicted molar refractivity (Wildman–Crippen MR) is 62.2 cm³/mol. The SMILES string of the molecule is CCCNCC(O)c1cc(F)ccc1Br. The van der Waals surface area contributed by atoms with E-state index in [1.165, 1.54) is 12.1 Å². The number of halogens is 2. The fraction of sp³-hybridized carbons (Fsp3) is 0.455. The van der Waals surface area contributed by atoms with Crippen LogP contribution in [-0.4, -0.2) is 18.2 Å². The van der Waals surface area contributed by atoms with Crippen LogP contribution >= 0.6 is 15.9 Å². The molecule has 0 amide bonds. The summed E-state index contributed by atoms with van der Waals surface area (Å²) in [5, 5.41) is 12.9. The van der Waals surface area contributed by atoms with Crippen LogP contribution in [0.2, 0.25) is 0 Å². The molecule has 0 bridgehead atoms. The monoisotopic (exact) mass is 275 g/mol. The molecule has 1 aromatic rings. The Kier molecular flexibility index (Phi) is 5.22. The summed E-state index contributed by atoms with van der Waals surface area (Å²) in [6.07, 6.45) is 0.332. The molecule has 2 nitrogen and oxygen atoms in total. The van der Waals surface area contributed by atoms with E-state index in [4.69, 9.17) is 0 Å². The van der Waals surface area contributed by atoms with Crippen LogP contribution in [0.4, 0.5) is 4.39 Å². The molecule has 84 valence electrons. The molecule has 1 unspecified atom stereocenters. The highest BCUT2D eigenvalue weighted by molar-refractivity contribution is 9.10. The third kappa shape index (κ3) is 3.89. The maximum absolute atomic E-state index is 12.9. The highest BCUT2D eigenvalue weighted by atomic mass is 79.9. The first kappa shape index (κ1) is 12.6. The van der Waals surface area contributed by atoms with Gasteiger partial charge in [0.25, 0.3) is 0 Å². The van der Waals surface area contributed by atoms with E-state index < -0.39 is 6.10 Å². The summed E-state index contributed by atoms with van der Waals surface area (Å²) in [6, 6.07) is 4.32. The quantitative estimate of drug-likeness (QED) is 0.810. The Morgan fingerprint density at radius 1 is 1.53 bits per heavy atom. The normalized spacial score (nSPS) is 12.8. The minimum atomic E-state index is -0.679. The van der Waals surface area contributed by atoms with Gasteiger partial charge in [-0.25, -0.2) is 4.39 Å². The molecule has 1 rings (SSSR count). The molecule has 0 heterocycles. The molecule has 1 atom stereocenters. The summed E-state index contributed by atoms with van der Waals surface area (Å²) < 4.78 is 13.7. The largest absolute Gasteiger partial charge is 0.387 e. The second-order valence-corrected chi connectivity index (χ2v) is 4.24. The maximum atomic E-state index is 12.9. The van der Waals surface area contributed by atoms with Crippen molar-refractivity contribution in [3.05, 3.63) is 34.1 Å². The van der Waals surface area contributed by atoms with Crippen LogP contribution in [0.25, 0.3) is 0 Å². The molecule has 2 N–H and O–H groups in total. The van der Waals surface area contributed by atoms with Gasteiger partial charge in [-0.15, -0.1) is 0 Å². The summed E-state index contributed by atoms with van der Waals surface area (Å²) in [7, 11) is 0. The Hall–Kier alpha value is -0.450. The molecular formula is C11H15BrFNO. The van der Waals surface area contributed by atoms with Crippen LogP contribution in [0.5, 0.6) is 0 Å². The average molecular weight is 276 g/mol. The third-order valence-electron chi connectivity index (χ3n) is 2.08. The van der Waals surface area contributed by atoms with Crippen molar-refractivity contribution in [2.45, 2.75) is 19.4 Å². The van der Waals surface area contributed by atoms with Gasteiger partial charge in [-0.05, 0) is 36.7 Å². The Morgan fingerprint density at radius 3 is 2.93 bits per heavy atom. The molecule has 1 aromatic carbocycles. The van der Waals surface area contributed by atoms with E-state index in [-0.39, 0.29) is 5.82 Å². The third-order valence-corrected chi connectivity index (χ3v) is 2.80. The summed E-state index contributed by atoms with van der Waals surface area (Å²) in [6.45, 7) is 3.34. The second kappa shape index (κ2) is 6.20. The van der Waals surface area contributed by atoms with Gasteiger partial charge in [0.05, 0.1) is 6.10 Å². The highest BCUT2D eigenvalue weighted by Crippen LogP contribution is 2.23. The van der Waals surface area contributed by atoms with Gasteiger partial charge >= 0.3 is 0 Å². The number of aliphatic hydroxyl groups excluding tert-OH is 1. The number of aliphatic hydroxyl groups is 1. The first-order chi connectivity index (χ1) is 7.15. The molecule has 0 saturated heterocycles. The number of hydrogen-bond acceptors (Lipinski definition) is 2. The first-order valence-electron chi connectivity index (χ1n) is 4.99. The number of nitrogens with one attached hydrogen (secondary N) is 1. The van der Waals surface area contributed by atoms with E-state index in [1.807, 2.05) is 0 Å². The van der Waals surface area contributed by atoms with Crippen LogP contribution in [-0.2, 0) is 0 Å². The van der Waals surface area contributed by atoms with Gasteiger partial charge < -0.3 is 10.4 Å². The van der Waals surface area contributed by atoms with Crippen molar-refractivity contribution < 1.29 is 9.50 Å². The van der Waals surface area contributed by atoms with E-state index in [2.05, 4.69) is 28.2 Å². The lowest BCUT2D eigenvalue weighted by atomic mass is 10.1. The summed E-state index contributed by atoms with van der Waals surface area (Å²) >= 11 is 3.29. The van der Waals surface area contributed by atoms with Crippen LogP contribution in [0.15, 0.2) is 22.7 Å². The van der Waals surface area contributed by atoms with Gasteiger partial charge in [-0.3, -0.25) is 0 Å². The first-order valence-corrected chi connectivity index (χ1v) is 5.78. The van der Waals surface area contributed by atoms with Crippen molar-refractivity contribution in [2.24, 2.45) is 0 Å². The molecule has 4 heteroatoms. The number of hydrogen-bond donors (Lipinski definition) is 2. The smallest absolute Gasteiger partial charge is 0.123 e. The van der Waals surface area contributed by atoms with Crippen molar-refractivity contribution >= 4 is 15.9 Å². The number of benzene rings is 1. The van der Waals surface area contributed by atoms with Gasteiger partial charge in [0.1, 0.15) is 5.82 Å². The summed E-state index contributed by atoms with van der Waals surface area (Å²) in [5.74, 6) is -0.331. The summed E-state index contributed by atoms with van der Waals surface area (Å²) in [4.78, 5) is 0. The van der Waals surface area contributed by atoms with Crippen LogP contribution in [0.3, 0.4) is 0 Å². The molecule has 0 spiro atoms. The summed E-state index contributed by atoms with van der Waals surface area (Å²) in [5.41, 5.74) is 0.582. The topological polar surface area (TPSA) is 32.3 Å². The van der Waals surface area contributed by atoms with E-state index in [0.29, 0.717) is 12.1 Å². The van der Waals surface area contributed by atoms with Crippen molar-refractivity contribution in [1.29, 1.82) is 0 Å². The predicted octanol–water partition coefficient (Wildman–Crippen LogP) is 2.62. The lowest BCUT2D eigenvalue weighted by Crippen LogP contribution is -2.22. The van der Waals surface area contributed by atoms with Crippen molar-refractivity contribution in [2.75, 3.05) is 13.1 Å². The van der Waals surface area contributed by atoms with E-state index in [1.54, 1.807) is 6.07 Å². The minimum Gasteiger partial charge on any atom is -0.387 e. The lowest BCUT2D eigenvalue weighted by Gasteiger charge is -2.13. The molecule has 0 aliphatic carbocycles. The van der Waals surface area contributed by atoms with Crippen LogP contribution < -0.4 is 5.32 Å². The molecule has 0 radical (unpaired) electrons. The van der Waals surface area contributed by atoms with Crippen molar-refractivity contribution in [1.82, 2.24) is 5.32 Å². The lowest BCUT2D eigenvalue weighted by molar-refractivity contribution is 0.174. The van der Waals surface area contributed by atoms with Crippen LogP contribution in [0, 0.1) is 5.82 Å². The van der Waals surface area contributed by atoms with E-state index in [0.717, 1.165) is 17.4 Å². The zero-order valence-electron chi connectivity index (χ0n) is 8.63. The highest BCUT2D eigenvalue weighted by Gasteiger charge is 2.11. The molecule has 0 aliphatic heterocycles. The minimum absolute atomic E-state index is 0.331. The standard InChI is InChI=1S/C11H15BrFNO/c1-2-5-14-7-11(15)9-6-8(13)3-4-10(9)12/h3-4,6,11,14-15H,2,5,7H2,1H3. The van der Waals surface area contributed by atoms with Gasteiger partial charge in [-0.1, -0.05) is 22.9 Å². The van der Waals surface area contributed by atoms with E-state index >= 15 is 0 Å². The molecular weight excluding hydrogens is 261 g/mol. The number of rotatable bonds is 5. The Labute approximate surface area is 97.6 Å². The Bertz CT molecular complexity index is 319. The van der Waals surface area contributed by atoms with Gasteiger partial charge in [-0.2, -0.15) is 0 Å².